The molecule has 0 radical (unpaired) electrons. The average molecular weight is 439 g/mol. The van der Waals surface area contributed by atoms with Gasteiger partial charge >= 0.3 is 0 Å². The topological polar surface area (TPSA) is 61.8 Å². The molecule has 0 spiro atoms. The molecule has 0 aliphatic carbocycles. The number of amides is 1. The van der Waals surface area contributed by atoms with Crippen LogP contribution in [0.1, 0.15) is 24.1 Å². The number of benzene rings is 4. The quantitative estimate of drug-likeness (QED) is 0.433. The molecule has 5 heteroatoms. The number of aromatic hydroxyl groups is 1. The van der Waals surface area contributed by atoms with E-state index in [1.165, 1.54) is 0 Å². The maximum atomic E-state index is 13.3. The van der Waals surface area contributed by atoms with Crippen LogP contribution < -0.4 is 15.0 Å². The van der Waals surface area contributed by atoms with E-state index in [-0.39, 0.29) is 17.7 Å². The lowest BCUT2D eigenvalue weighted by Crippen LogP contribution is -2.48. The van der Waals surface area contributed by atoms with Gasteiger partial charge in [-0.3, -0.25) is 4.79 Å². The molecule has 0 bridgehead atoms. The Morgan fingerprint density at radius 2 is 1.79 bits per heavy atom. The lowest BCUT2D eigenvalue weighted by Gasteiger charge is -2.36. The Morgan fingerprint density at radius 3 is 2.64 bits per heavy atom. The van der Waals surface area contributed by atoms with E-state index in [4.69, 9.17) is 4.74 Å². The zero-order valence-electron chi connectivity index (χ0n) is 18.7. The number of rotatable bonds is 4. The van der Waals surface area contributed by atoms with E-state index in [0.29, 0.717) is 12.3 Å². The van der Waals surface area contributed by atoms with Crippen molar-refractivity contribution < 1.29 is 14.6 Å². The number of anilines is 2. The minimum atomic E-state index is -0.694. The van der Waals surface area contributed by atoms with Crippen molar-refractivity contribution in [2.45, 2.75) is 26.0 Å². The predicted octanol–water partition coefficient (Wildman–Crippen LogP) is 5.63. The highest BCUT2D eigenvalue weighted by molar-refractivity contribution is 5.88. The van der Waals surface area contributed by atoms with Gasteiger partial charge in [-0.25, -0.2) is 0 Å². The number of carbonyl (C=O) groups excluding carboxylic acids is 1. The summed E-state index contributed by atoms with van der Waals surface area (Å²) in [7, 11) is 0. The first kappa shape index (κ1) is 20.9. The number of ether oxygens (including phenoxy) is 1. The fraction of sp³-hybridized carbons (Fsp3) is 0.179. The smallest absolute Gasteiger partial charge is 0.263 e. The third-order valence-corrected chi connectivity index (χ3v) is 6.22. The number of phenolic OH excluding ortho intramolecular Hbond substituents is 1. The highest BCUT2D eigenvalue weighted by atomic mass is 16.5. The number of fused-ring (bicyclic) bond motifs is 2. The van der Waals surface area contributed by atoms with Gasteiger partial charge in [0.25, 0.3) is 5.91 Å². The molecule has 0 aromatic heterocycles. The van der Waals surface area contributed by atoms with Crippen LogP contribution in [-0.4, -0.2) is 23.7 Å². The first-order valence-electron chi connectivity index (χ1n) is 11.1. The van der Waals surface area contributed by atoms with Crippen LogP contribution in [0.5, 0.6) is 11.5 Å². The molecule has 4 aromatic rings. The molecule has 1 heterocycles. The van der Waals surface area contributed by atoms with Crippen LogP contribution in [0.15, 0.2) is 84.9 Å². The molecule has 33 heavy (non-hydrogen) atoms. The van der Waals surface area contributed by atoms with Crippen LogP contribution in [0, 0.1) is 6.92 Å². The van der Waals surface area contributed by atoms with Crippen molar-refractivity contribution in [1.29, 1.82) is 0 Å². The molecule has 4 aromatic carbocycles. The summed E-state index contributed by atoms with van der Waals surface area (Å²) in [6.07, 6.45) is -0.694. The average Bonchev–Trinajstić information content (AvgIpc) is 2.84. The molecule has 0 fully saturated rings. The molecule has 1 aliphatic rings. The highest BCUT2D eigenvalue weighted by Gasteiger charge is 2.32. The third-order valence-electron chi connectivity index (χ3n) is 6.22. The van der Waals surface area contributed by atoms with Gasteiger partial charge in [-0.05, 0) is 53.9 Å². The Bertz CT molecular complexity index is 1330. The van der Waals surface area contributed by atoms with Crippen molar-refractivity contribution in [1.82, 2.24) is 5.32 Å². The minimum Gasteiger partial charge on any atom is -0.508 e. The van der Waals surface area contributed by atoms with Gasteiger partial charge < -0.3 is 20.1 Å². The van der Waals surface area contributed by atoms with Crippen LogP contribution in [0.25, 0.3) is 10.8 Å². The van der Waals surface area contributed by atoms with E-state index >= 15 is 0 Å². The van der Waals surface area contributed by atoms with Crippen LogP contribution in [0.4, 0.5) is 11.4 Å². The zero-order valence-corrected chi connectivity index (χ0v) is 18.7. The molecule has 1 aliphatic heterocycles. The second-order valence-electron chi connectivity index (χ2n) is 8.45. The Kier molecular flexibility index (Phi) is 5.38. The van der Waals surface area contributed by atoms with E-state index < -0.39 is 6.10 Å². The molecule has 5 nitrogen and oxygen atoms in total. The van der Waals surface area contributed by atoms with Crippen LogP contribution in [-0.2, 0) is 4.79 Å². The Labute approximate surface area is 193 Å². The monoisotopic (exact) mass is 438 g/mol. The largest absolute Gasteiger partial charge is 0.508 e. The van der Waals surface area contributed by atoms with Crippen LogP contribution in [0.2, 0.25) is 0 Å². The van der Waals surface area contributed by atoms with Gasteiger partial charge in [0, 0.05) is 11.8 Å². The first-order valence-corrected chi connectivity index (χ1v) is 11.1. The fourth-order valence-electron chi connectivity index (χ4n) is 4.39. The van der Waals surface area contributed by atoms with Crippen molar-refractivity contribution in [3.8, 4) is 11.5 Å². The maximum absolute atomic E-state index is 13.3. The summed E-state index contributed by atoms with van der Waals surface area (Å²) in [4.78, 5) is 15.3. The van der Waals surface area contributed by atoms with Gasteiger partial charge in [0.2, 0.25) is 0 Å². The Morgan fingerprint density at radius 1 is 1.03 bits per heavy atom. The molecular formula is C28H26N2O3. The predicted molar refractivity (Wildman–Crippen MR) is 131 cm³/mol. The fourth-order valence-corrected chi connectivity index (χ4v) is 4.39. The van der Waals surface area contributed by atoms with Gasteiger partial charge in [-0.15, -0.1) is 0 Å². The molecule has 2 unspecified atom stereocenters. The van der Waals surface area contributed by atoms with Gasteiger partial charge in [-0.1, -0.05) is 60.7 Å². The number of nitrogens with zero attached hydrogens (tertiary/aromatic N) is 1. The molecule has 2 N–H and O–H groups in total. The summed E-state index contributed by atoms with van der Waals surface area (Å²) in [5.74, 6) is 0.690. The number of aryl methyl sites for hydroxylation is 1. The molecule has 1 amide bonds. The first-order chi connectivity index (χ1) is 16.0. The molecule has 0 saturated carbocycles. The number of para-hydroxylation sites is 2. The summed E-state index contributed by atoms with van der Waals surface area (Å²) in [5, 5.41) is 15.7. The van der Waals surface area contributed by atoms with Crippen LogP contribution >= 0.6 is 0 Å². The molecular weight excluding hydrogens is 412 g/mol. The van der Waals surface area contributed by atoms with Crippen molar-refractivity contribution in [2.24, 2.45) is 0 Å². The van der Waals surface area contributed by atoms with Gasteiger partial charge in [0.1, 0.15) is 11.5 Å². The summed E-state index contributed by atoms with van der Waals surface area (Å²) >= 11 is 0. The van der Waals surface area contributed by atoms with E-state index in [0.717, 1.165) is 33.3 Å². The Hall–Kier alpha value is -3.99. The van der Waals surface area contributed by atoms with Gasteiger partial charge in [0.15, 0.2) is 6.10 Å². The molecule has 5 rings (SSSR count). The number of hydrogen-bond acceptors (Lipinski definition) is 4. The summed E-state index contributed by atoms with van der Waals surface area (Å²) < 4.78 is 6.11. The SMILES string of the molecule is Cc1ccc(N2CC(C(=O)NC(C)c3cccc4ccccc34)Oc3ccccc32)cc1O. The minimum absolute atomic E-state index is 0.175. The molecule has 166 valence electrons. The van der Waals surface area contributed by atoms with Gasteiger partial charge in [0.05, 0.1) is 18.3 Å². The van der Waals surface area contributed by atoms with Crippen molar-refractivity contribution in [3.63, 3.8) is 0 Å². The second-order valence-corrected chi connectivity index (χ2v) is 8.45. The van der Waals surface area contributed by atoms with Crippen molar-refractivity contribution >= 4 is 28.1 Å². The molecule has 0 saturated heterocycles. The lowest BCUT2D eigenvalue weighted by atomic mass is 9.99. The zero-order chi connectivity index (χ0) is 22.9. The third kappa shape index (κ3) is 3.98. The van der Waals surface area contributed by atoms with Crippen molar-refractivity contribution in [2.75, 3.05) is 11.4 Å². The van der Waals surface area contributed by atoms with Crippen molar-refractivity contribution in [3.05, 3.63) is 96.1 Å². The van der Waals surface area contributed by atoms with Crippen LogP contribution in [0.3, 0.4) is 0 Å². The number of phenols is 1. The number of hydrogen-bond donors (Lipinski definition) is 2. The van der Waals surface area contributed by atoms with E-state index in [2.05, 4.69) is 23.5 Å². The summed E-state index contributed by atoms with van der Waals surface area (Å²) in [6.45, 7) is 4.19. The van der Waals surface area contributed by atoms with E-state index in [1.54, 1.807) is 6.07 Å². The van der Waals surface area contributed by atoms with E-state index in [1.807, 2.05) is 79.4 Å². The second kappa shape index (κ2) is 8.51. The highest BCUT2D eigenvalue weighted by Crippen LogP contribution is 2.39. The van der Waals surface area contributed by atoms with E-state index in [9.17, 15) is 9.90 Å². The lowest BCUT2D eigenvalue weighted by molar-refractivity contribution is -0.128. The Balaban J connectivity index is 1.42. The maximum Gasteiger partial charge on any atom is 0.263 e. The van der Waals surface area contributed by atoms with Gasteiger partial charge in [-0.2, -0.15) is 0 Å². The number of nitrogens with one attached hydrogen (secondary N) is 1. The summed E-state index contributed by atoms with van der Waals surface area (Å²) in [6, 6.07) is 27.3. The normalized spacial score (nSPS) is 16.1. The number of carbonyl (C=O) groups is 1. The molecule has 2 atom stereocenters. The standard InChI is InChI=1S/C28H26N2O3/c1-18-14-15-21(16-25(18)31)30-17-27(33-26-13-6-5-12-24(26)30)28(32)29-19(2)22-11-7-9-20-8-3-4-10-23(20)22/h3-16,19,27,31H,17H2,1-2H3,(H,29,32). The summed E-state index contributed by atoms with van der Waals surface area (Å²) in [5.41, 5.74) is 3.55.